The number of esters is 2. The molecule has 0 radical (unpaired) electrons. The Morgan fingerprint density at radius 3 is 1.57 bits per heavy atom. The molecule has 0 aromatic carbocycles. The number of unbranched alkanes of at least 4 members (excludes halogenated alkanes) is 16. The fourth-order valence-corrected chi connectivity index (χ4v) is 6.96. The number of aliphatic hydroxyl groups excluding tert-OH is 1. The summed E-state index contributed by atoms with van der Waals surface area (Å²) < 4.78 is 34.3. The summed E-state index contributed by atoms with van der Waals surface area (Å²) >= 11 is 0. The Morgan fingerprint density at radius 1 is 0.574 bits per heavy atom. The molecule has 3 atom stereocenters. The molecule has 0 aliphatic rings. The molecule has 2 N–H and O–H groups in total. The summed E-state index contributed by atoms with van der Waals surface area (Å²) in [7, 11) is 1.41. The van der Waals surface area contributed by atoms with Crippen molar-refractivity contribution < 1.29 is 47.2 Å². The molecule has 0 rings (SSSR count). The first-order valence-corrected chi connectivity index (χ1v) is 25.6. The third-order valence-electron chi connectivity index (χ3n) is 10.2. The van der Waals surface area contributed by atoms with Crippen LogP contribution in [0.2, 0.25) is 0 Å². The number of rotatable bonds is 43. The molecule has 354 valence electrons. The second-order valence-electron chi connectivity index (χ2n) is 17.3. The minimum Gasteiger partial charge on any atom is -0.462 e. The van der Waals surface area contributed by atoms with Gasteiger partial charge in [0, 0.05) is 12.8 Å². The van der Waals surface area contributed by atoms with E-state index in [1.54, 1.807) is 0 Å². The number of phosphoric acid groups is 1. The normalized spacial score (nSPS) is 14.5. The highest BCUT2D eigenvalue weighted by Gasteiger charge is 2.27. The van der Waals surface area contributed by atoms with E-state index in [2.05, 4.69) is 61.6 Å². The molecule has 0 bridgehead atoms. The SMILES string of the molecule is CCCCCCCC/C=C\CCCCCCCCCCCC(=O)OC[C@H](COP(=O)(O)OCC[N+](C)(C)C)OC(=O)CCC/C=C\C/C=C\C/C=C\C/C=C\CC[C@H](O)CC. The molecule has 0 saturated heterocycles. The van der Waals surface area contributed by atoms with Crippen LogP contribution < -0.4 is 0 Å². The number of aliphatic hydroxyl groups is 1. The average molecular weight is 881 g/mol. The van der Waals surface area contributed by atoms with Gasteiger partial charge in [0.15, 0.2) is 6.10 Å². The Morgan fingerprint density at radius 2 is 1.03 bits per heavy atom. The van der Waals surface area contributed by atoms with Gasteiger partial charge in [-0.25, -0.2) is 4.57 Å². The average Bonchev–Trinajstić information content (AvgIpc) is 3.21. The van der Waals surface area contributed by atoms with Gasteiger partial charge in [0.1, 0.15) is 19.8 Å². The first-order chi connectivity index (χ1) is 29.4. The summed E-state index contributed by atoms with van der Waals surface area (Å²) in [6.45, 7) is 4.06. The lowest BCUT2D eigenvalue weighted by Gasteiger charge is -2.24. The van der Waals surface area contributed by atoms with Crippen molar-refractivity contribution in [3.63, 3.8) is 0 Å². The second-order valence-corrected chi connectivity index (χ2v) is 18.7. The summed E-state index contributed by atoms with van der Waals surface area (Å²) in [6, 6.07) is 0. The number of ether oxygens (including phenoxy) is 2. The predicted molar refractivity (Wildman–Crippen MR) is 253 cm³/mol. The maximum atomic E-state index is 12.7. The third kappa shape index (κ3) is 45.5. The van der Waals surface area contributed by atoms with E-state index >= 15 is 0 Å². The van der Waals surface area contributed by atoms with Gasteiger partial charge in [-0.3, -0.25) is 18.6 Å². The minimum atomic E-state index is -4.40. The Bertz CT molecular complexity index is 1240. The third-order valence-corrected chi connectivity index (χ3v) is 11.2. The lowest BCUT2D eigenvalue weighted by molar-refractivity contribution is -0.870. The molecule has 0 spiro atoms. The van der Waals surface area contributed by atoms with Crippen molar-refractivity contribution in [3.8, 4) is 0 Å². The predicted octanol–water partition coefficient (Wildman–Crippen LogP) is 13.0. The second kappa shape index (κ2) is 41.7. The van der Waals surface area contributed by atoms with Gasteiger partial charge in [-0.2, -0.15) is 0 Å². The van der Waals surface area contributed by atoms with Crippen LogP contribution >= 0.6 is 7.82 Å². The number of allylic oxidation sites excluding steroid dienone is 10. The van der Waals surface area contributed by atoms with Crippen molar-refractivity contribution in [3.05, 3.63) is 60.8 Å². The van der Waals surface area contributed by atoms with Crippen LogP contribution in [0, 0.1) is 0 Å². The zero-order valence-corrected chi connectivity index (χ0v) is 40.4. The molecular formula is C50H91NO9P+. The molecule has 11 heteroatoms. The van der Waals surface area contributed by atoms with E-state index in [1.807, 2.05) is 34.1 Å². The highest BCUT2D eigenvalue weighted by Crippen LogP contribution is 2.43. The van der Waals surface area contributed by atoms with Gasteiger partial charge in [-0.15, -0.1) is 0 Å². The van der Waals surface area contributed by atoms with E-state index in [4.69, 9.17) is 18.5 Å². The van der Waals surface area contributed by atoms with Crippen LogP contribution in [0.3, 0.4) is 0 Å². The standard InChI is InChI=1S/C50H90NO9P/c1-6-8-9-10-11-12-13-14-15-16-17-18-19-23-26-29-32-35-38-41-49(53)57-45-48(46-59-61(55,56)58-44-43-51(3,4)5)60-50(54)42-39-36-33-30-27-24-21-20-22-25-28-31-34-37-40-47(52)7-2/h14-15,21-22,24-25,30-31,33-34,47-48,52H,6-13,16-20,23,26-29,32,35-46H2,1-5H3/p+1/b15-14-,24-21-,25-22-,33-30-,34-31-/t47-,48-/m1/s1. The zero-order valence-electron chi connectivity index (χ0n) is 39.5. The topological polar surface area (TPSA) is 129 Å². The Kier molecular flexibility index (Phi) is 40.1. The molecule has 0 aromatic rings. The lowest BCUT2D eigenvalue weighted by Crippen LogP contribution is -2.37. The molecule has 0 saturated carbocycles. The van der Waals surface area contributed by atoms with Gasteiger partial charge < -0.3 is 24.0 Å². The van der Waals surface area contributed by atoms with Crippen LogP contribution in [-0.4, -0.2) is 86.1 Å². The first kappa shape index (κ1) is 58.7. The molecule has 0 aliphatic carbocycles. The van der Waals surface area contributed by atoms with Crippen molar-refractivity contribution in [1.82, 2.24) is 0 Å². The van der Waals surface area contributed by atoms with E-state index in [-0.39, 0.29) is 32.2 Å². The van der Waals surface area contributed by atoms with Gasteiger partial charge in [-0.1, -0.05) is 152 Å². The molecule has 10 nitrogen and oxygen atoms in total. The van der Waals surface area contributed by atoms with Crippen molar-refractivity contribution in [1.29, 1.82) is 0 Å². The summed E-state index contributed by atoms with van der Waals surface area (Å²) in [5, 5.41) is 9.58. The van der Waals surface area contributed by atoms with Crippen LogP contribution in [0.4, 0.5) is 0 Å². The van der Waals surface area contributed by atoms with E-state index in [0.717, 1.165) is 64.2 Å². The highest BCUT2D eigenvalue weighted by atomic mass is 31.2. The number of likely N-dealkylation sites (N-methyl/N-ethyl adjacent to an activating group) is 1. The molecular weight excluding hydrogens is 790 g/mol. The van der Waals surface area contributed by atoms with Crippen LogP contribution in [0.15, 0.2) is 60.8 Å². The fourth-order valence-electron chi connectivity index (χ4n) is 6.22. The Labute approximate surface area is 373 Å². The van der Waals surface area contributed by atoms with Crippen LogP contribution in [-0.2, 0) is 32.7 Å². The molecule has 0 aromatic heterocycles. The fraction of sp³-hybridized carbons (Fsp3) is 0.760. The van der Waals surface area contributed by atoms with E-state index in [1.165, 1.54) is 83.5 Å². The molecule has 0 fully saturated rings. The molecule has 1 unspecified atom stereocenters. The van der Waals surface area contributed by atoms with Crippen LogP contribution in [0.25, 0.3) is 0 Å². The monoisotopic (exact) mass is 881 g/mol. The molecule has 61 heavy (non-hydrogen) atoms. The maximum absolute atomic E-state index is 12.7. The Balaban J connectivity index is 4.40. The van der Waals surface area contributed by atoms with Crippen molar-refractivity contribution in [2.24, 2.45) is 0 Å². The smallest absolute Gasteiger partial charge is 0.462 e. The number of carbonyl (C=O) groups is 2. The number of carbonyl (C=O) groups excluding carboxylic acids is 2. The van der Waals surface area contributed by atoms with Gasteiger partial charge >= 0.3 is 19.8 Å². The van der Waals surface area contributed by atoms with Gasteiger partial charge in [0.25, 0.3) is 0 Å². The Hall–Kier alpha value is -2.33. The summed E-state index contributed by atoms with van der Waals surface area (Å²) in [6.07, 6.45) is 47.9. The zero-order chi connectivity index (χ0) is 45.1. The summed E-state index contributed by atoms with van der Waals surface area (Å²) in [5.74, 6) is -0.885. The number of quaternary nitrogens is 1. The van der Waals surface area contributed by atoms with E-state index in [0.29, 0.717) is 23.9 Å². The lowest BCUT2D eigenvalue weighted by atomic mass is 10.1. The minimum absolute atomic E-state index is 0.0129. The van der Waals surface area contributed by atoms with Gasteiger partial charge in [0.2, 0.25) is 0 Å². The summed E-state index contributed by atoms with van der Waals surface area (Å²) in [4.78, 5) is 35.4. The number of phosphoric ester groups is 1. The van der Waals surface area contributed by atoms with E-state index in [9.17, 15) is 24.2 Å². The molecule has 0 heterocycles. The van der Waals surface area contributed by atoms with Gasteiger partial charge in [0.05, 0.1) is 33.9 Å². The largest absolute Gasteiger partial charge is 0.472 e. The van der Waals surface area contributed by atoms with Gasteiger partial charge in [-0.05, 0) is 83.5 Å². The number of hydrogen-bond donors (Lipinski definition) is 2. The van der Waals surface area contributed by atoms with Crippen molar-refractivity contribution >= 4 is 19.8 Å². The quantitative estimate of drug-likeness (QED) is 0.0202. The van der Waals surface area contributed by atoms with E-state index < -0.39 is 32.5 Å². The van der Waals surface area contributed by atoms with Crippen molar-refractivity contribution in [2.45, 2.75) is 199 Å². The van der Waals surface area contributed by atoms with Crippen LogP contribution in [0.5, 0.6) is 0 Å². The molecule has 0 aliphatic heterocycles. The van der Waals surface area contributed by atoms with Crippen LogP contribution in [0.1, 0.15) is 187 Å². The number of hydrogen-bond acceptors (Lipinski definition) is 8. The maximum Gasteiger partial charge on any atom is 0.472 e. The first-order valence-electron chi connectivity index (χ1n) is 24.1. The summed E-state index contributed by atoms with van der Waals surface area (Å²) in [5.41, 5.74) is 0. The highest BCUT2D eigenvalue weighted by molar-refractivity contribution is 7.47. The van der Waals surface area contributed by atoms with Crippen molar-refractivity contribution in [2.75, 3.05) is 47.5 Å². The molecule has 0 amide bonds. The number of nitrogens with zero attached hydrogens (tertiary/aromatic N) is 1.